The van der Waals surface area contributed by atoms with Crippen LogP contribution >= 0.6 is 11.6 Å². The third-order valence-electron chi connectivity index (χ3n) is 1.64. The predicted octanol–water partition coefficient (Wildman–Crippen LogP) is -1.56. The van der Waals surface area contributed by atoms with Gasteiger partial charge in [0.1, 0.15) is 24.9 Å². The van der Waals surface area contributed by atoms with Gasteiger partial charge in [-0.3, -0.25) is 4.79 Å². The first-order valence-corrected chi connectivity index (χ1v) is 4.60. The molecule has 0 heterocycles. The molecule has 3 N–H and O–H groups in total. The lowest BCUT2D eigenvalue weighted by Gasteiger charge is -2.22. The van der Waals surface area contributed by atoms with Crippen molar-refractivity contribution < 1.29 is 29.6 Å². The van der Waals surface area contributed by atoms with Crippen LogP contribution in [0.25, 0.3) is 0 Å². The molecule has 4 atom stereocenters. The Morgan fingerprint density at radius 3 is 2.40 bits per heavy atom. The highest BCUT2D eigenvalue weighted by molar-refractivity contribution is 6.21. The Bertz CT molecular complexity index is 221. The van der Waals surface area contributed by atoms with E-state index in [1.165, 1.54) is 0 Å². The molecular weight excluding hydrogens is 228 g/mol. The quantitative estimate of drug-likeness (QED) is 0.295. The number of hydrogen-bond acceptors (Lipinski definition) is 6. The van der Waals surface area contributed by atoms with Crippen LogP contribution in [0.5, 0.6) is 0 Å². The maximum absolute atomic E-state index is 10.4. The molecule has 0 aromatic carbocycles. The Hall–Kier alpha value is -0.690. The van der Waals surface area contributed by atoms with E-state index in [2.05, 4.69) is 4.74 Å². The number of aliphatic hydroxyl groups excluding tert-OH is 3. The standard InChI is InChI=1S/C8H13ClO6/c1-4(11)15-3-6(13)7(9)8(14)5(12)2-10/h2,5-8,12-14H,3H2,1H3/t5-,6+,7+,8+/m0/s1. The summed E-state index contributed by atoms with van der Waals surface area (Å²) in [4.78, 5) is 20.5. The summed E-state index contributed by atoms with van der Waals surface area (Å²) in [5.74, 6) is -0.608. The topological polar surface area (TPSA) is 104 Å². The Balaban J connectivity index is 4.11. The summed E-state index contributed by atoms with van der Waals surface area (Å²) in [5.41, 5.74) is 0. The average Bonchev–Trinajstić information content (AvgIpc) is 2.22. The number of carbonyl (C=O) groups excluding carboxylic acids is 2. The zero-order valence-electron chi connectivity index (χ0n) is 8.04. The average molecular weight is 241 g/mol. The highest BCUT2D eigenvalue weighted by Gasteiger charge is 2.30. The van der Waals surface area contributed by atoms with Crippen LogP contribution in [0.2, 0.25) is 0 Å². The second kappa shape index (κ2) is 6.73. The van der Waals surface area contributed by atoms with Crippen LogP contribution in [0.3, 0.4) is 0 Å². The zero-order valence-corrected chi connectivity index (χ0v) is 8.79. The molecule has 88 valence electrons. The molecule has 0 bridgehead atoms. The summed E-state index contributed by atoms with van der Waals surface area (Å²) in [6.07, 6.45) is -4.56. The van der Waals surface area contributed by atoms with E-state index < -0.39 is 36.3 Å². The minimum atomic E-state index is -1.68. The highest BCUT2D eigenvalue weighted by atomic mass is 35.5. The van der Waals surface area contributed by atoms with Crippen molar-refractivity contribution in [1.29, 1.82) is 0 Å². The molecule has 0 amide bonds. The number of alkyl halides is 1. The van der Waals surface area contributed by atoms with Gasteiger partial charge in [0.05, 0.1) is 5.38 Å². The molecule has 0 fully saturated rings. The van der Waals surface area contributed by atoms with Crippen molar-refractivity contribution in [3.8, 4) is 0 Å². The first kappa shape index (κ1) is 14.3. The van der Waals surface area contributed by atoms with Crippen molar-refractivity contribution in [2.24, 2.45) is 0 Å². The van der Waals surface area contributed by atoms with Crippen LogP contribution in [0.4, 0.5) is 0 Å². The zero-order chi connectivity index (χ0) is 12.0. The lowest BCUT2D eigenvalue weighted by atomic mass is 10.1. The molecule has 0 aromatic heterocycles. The van der Waals surface area contributed by atoms with E-state index in [0.29, 0.717) is 0 Å². The van der Waals surface area contributed by atoms with Crippen molar-refractivity contribution in [1.82, 2.24) is 0 Å². The number of rotatable bonds is 6. The molecule has 0 aliphatic heterocycles. The van der Waals surface area contributed by atoms with Crippen LogP contribution in [0.1, 0.15) is 6.92 Å². The molecule has 0 unspecified atom stereocenters. The first-order chi connectivity index (χ1) is 6.90. The minimum absolute atomic E-state index is 0.0958. The number of aliphatic hydroxyl groups is 3. The Morgan fingerprint density at radius 1 is 1.47 bits per heavy atom. The van der Waals surface area contributed by atoms with Crippen LogP contribution in [0, 0.1) is 0 Å². The Morgan fingerprint density at radius 2 is 2.00 bits per heavy atom. The fraction of sp³-hybridized carbons (Fsp3) is 0.750. The largest absolute Gasteiger partial charge is 0.463 e. The van der Waals surface area contributed by atoms with Gasteiger partial charge in [-0.2, -0.15) is 0 Å². The Kier molecular flexibility index (Phi) is 6.42. The van der Waals surface area contributed by atoms with Gasteiger partial charge in [0, 0.05) is 6.92 Å². The SMILES string of the molecule is CC(=O)OC[C@@H](O)[C@@H](Cl)[C@H](O)[C@@H](O)C=O. The second-order valence-electron chi connectivity index (χ2n) is 2.93. The van der Waals surface area contributed by atoms with Crippen molar-refractivity contribution in [2.45, 2.75) is 30.6 Å². The molecule has 0 saturated carbocycles. The smallest absolute Gasteiger partial charge is 0.302 e. The fourth-order valence-corrected chi connectivity index (χ4v) is 1.01. The maximum Gasteiger partial charge on any atom is 0.302 e. The van der Waals surface area contributed by atoms with E-state index >= 15 is 0 Å². The van der Waals surface area contributed by atoms with Gasteiger partial charge in [-0.1, -0.05) is 0 Å². The molecule has 0 aromatic rings. The van der Waals surface area contributed by atoms with E-state index in [1.54, 1.807) is 0 Å². The maximum atomic E-state index is 10.4. The van der Waals surface area contributed by atoms with Gasteiger partial charge in [-0.25, -0.2) is 0 Å². The second-order valence-corrected chi connectivity index (χ2v) is 3.44. The van der Waals surface area contributed by atoms with Crippen LogP contribution < -0.4 is 0 Å². The summed E-state index contributed by atoms with van der Waals surface area (Å²) in [6, 6.07) is 0. The number of carbonyl (C=O) groups is 2. The van der Waals surface area contributed by atoms with Gasteiger partial charge in [0.15, 0.2) is 6.29 Å². The van der Waals surface area contributed by atoms with Gasteiger partial charge in [-0.05, 0) is 0 Å². The third kappa shape index (κ3) is 5.08. The number of esters is 1. The van der Waals surface area contributed by atoms with Gasteiger partial charge < -0.3 is 24.9 Å². The monoisotopic (exact) mass is 240 g/mol. The molecule has 0 rings (SSSR count). The van der Waals surface area contributed by atoms with Crippen LogP contribution in [-0.4, -0.2) is 57.9 Å². The highest BCUT2D eigenvalue weighted by Crippen LogP contribution is 2.11. The molecule has 15 heavy (non-hydrogen) atoms. The molecule has 0 saturated heterocycles. The molecule has 0 spiro atoms. The van der Waals surface area contributed by atoms with Gasteiger partial charge in [0.25, 0.3) is 0 Å². The first-order valence-electron chi connectivity index (χ1n) is 4.17. The van der Waals surface area contributed by atoms with E-state index in [1.807, 2.05) is 0 Å². The number of aldehydes is 1. The lowest BCUT2D eigenvalue weighted by molar-refractivity contribution is -0.145. The van der Waals surface area contributed by atoms with Crippen molar-refractivity contribution in [2.75, 3.05) is 6.61 Å². The summed E-state index contributed by atoms with van der Waals surface area (Å²) in [5, 5.41) is 26.1. The molecule has 0 aliphatic carbocycles. The van der Waals surface area contributed by atoms with E-state index in [4.69, 9.17) is 16.7 Å². The Labute approximate surface area is 91.4 Å². The molecule has 0 aliphatic rings. The number of ether oxygens (including phenoxy) is 1. The molecule has 0 radical (unpaired) electrons. The van der Waals surface area contributed by atoms with Gasteiger partial charge >= 0.3 is 5.97 Å². The predicted molar refractivity (Wildman–Crippen MR) is 50.4 cm³/mol. The molecule has 6 nitrogen and oxygen atoms in total. The van der Waals surface area contributed by atoms with E-state index in [0.717, 1.165) is 6.92 Å². The van der Waals surface area contributed by atoms with E-state index in [9.17, 15) is 19.8 Å². The van der Waals surface area contributed by atoms with E-state index in [-0.39, 0.29) is 6.29 Å². The van der Waals surface area contributed by atoms with Gasteiger partial charge in [-0.15, -0.1) is 11.6 Å². The minimum Gasteiger partial charge on any atom is -0.463 e. The normalized spacial score (nSPS) is 18.7. The lowest BCUT2D eigenvalue weighted by Crippen LogP contribution is -2.43. The van der Waals surface area contributed by atoms with Gasteiger partial charge in [0.2, 0.25) is 0 Å². The summed E-state index contributed by atoms with van der Waals surface area (Å²) >= 11 is 5.53. The summed E-state index contributed by atoms with van der Waals surface area (Å²) < 4.78 is 4.43. The van der Waals surface area contributed by atoms with Crippen molar-refractivity contribution in [3.63, 3.8) is 0 Å². The summed E-state index contributed by atoms with van der Waals surface area (Å²) in [7, 11) is 0. The van der Waals surface area contributed by atoms with Crippen molar-refractivity contribution >= 4 is 23.9 Å². The summed E-state index contributed by atoms with van der Waals surface area (Å²) in [6.45, 7) is 0.735. The van der Waals surface area contributed by atoms with Crippen LogP contribution in [0.15, 0.2) is 0 Å². The van der Waals surface area contributed by atoms with Crippen molar-refractivity contribution in [3.05, 3.63) is 0 Å². The number of hydrogen-bond donors (Lipinski definition) is 3. The number of halogens is 1. The van der Waals surface area contributed by atoms with Crippen LogP contribution in [-0.2, 0) is 14.3 Å². The fourth-order valence-electron chi connectivity index (χ4n) is 0.791. The molecule has 7 heteroatoms. The third-order valence-corrected chi connectivity index (χ3v) is 2.19. The molecular formula is C8H13ClO6.